The van der Waals surface area contributed by atoms with Crippen LogP contribution in [0.15, 0.2) is 18.2 Å². The van der Waals surface area contributed by atoms with Gasteiger partial charge in [-0.1, -0.05) is 44.6 Å². The van der Waals surface area contributed by atoms with Gasteiger partial charge < -0.3 is 0 Å². The zero-order valence-corrected chi connectivity index (χ0v) is 11.7. The molecular weight excluding hydrogens is 430 g/mol. The van der Waals surface area contributed by atoms with Crippen molar-refractivity contribution in [3.05, 3.63) is 32.9 Å². The highest BCUT2D eigenvalue weighted by Crippen LogP contribution is 2.18. The first-order valence-corrected chi connectivity index (χ1v) is 6.89. The van der Waals surface area contributed by atoms with Crippen molar-refractivity contribution in [1.82, 2.24) is 0 Å². The number of rotatable bonds is 2. The van der Waals surface area contributed by atoms with Gasteiger partial charge in [0, 0.05) is 13.3 Å². The van der Waals surface area contributed by atoms with Crippen LogP contribution in [-0.2, 0) is 9.76 Å². The third-order valence-electron chi connectivity index (χ3n) is 1.46. The summed E-state index contributed by atoms with van der Waals surface area (Å²) in [6.07, 6.45) is 0. The van der Waals surface area contributed by atoms with Crippen LogP contribution in [-0.4, -0.2) is 0 Å². The van der Waals surface area contributed by atoms with E-state index in [-0.39, 0.29) is 0 Å². The molecule has 0 amide bonds. The molecule has 0 aliphatic carbocycles. The Labute approximate surface area is 103 Å². The van der Waals surface area contributed by atoms with Crippen molar-refractivity contribution >= 4 is 61.1 Å². The van der Waals surface area contributed by atoms with Crippen LogP contribution >= 0.6 is 61.1 Å². The smallest absolute Gasteiger partial charge is 0.0286 e. The Bertz CT molecular complexity index is 248. The zero-order valence-electron chi connectivity index (χ0n) is 5.78. The molecule has 0 bridgehead atoms. The van der Waals surface area contributed by atoms with E-state index in [1.807, 2.05) is 0 Å². The molecule has 0 unspecified atom stereocenters. The first-order chi connectivity index (χ1) is 5.27. The van der Waals surface area contributed by atoms with E-state index in [9.17, 15) is 0 Å². The van der Waals surface area contributed by atoms with Crippen molar-refractivity contribution in [3.8, 4) is 0 Å². The molecule has 0 aromatic heterocycles. The lowest BCUT2D eigenvalue weighted by Crippen LogP contribution is -1.87. The maximum atomic E-state index is 3.47. The maximum Gasteiger partial charge on any atom is 0.0286 e. The van der Waals surface area contributed by atoms with Gasteiger partial charge in [0.15, 0.2) is 0 Å². The first-order valence-electron chi connectivity index (χ1n) is 3.17. The van der Waals surface area contributed by atoms with E-state index in [1.165, 1.54) is 14.7 Å². The number of benzene rings is 1. The molecule has 3 heteroatoms. The van der Waals surface area contributed by atoms with Crippen LogP contribution < -0.4 is 0 Å². The van der Waals surface area contributed by atoms with Crippen LogP contribution in [0.4, 0.5) is 0 Å². The lowest BCUT2D eigenvalue weighted by Gasteiger charge is -2.03. The summed E-state index contributed by atoms with van der Waals surface area (Å²) in [4.78, 5) is 0. The van der Waals surface area contributed by atoms with Crippen LogP contribution in [0.1, 0.15) is 11.1 Å². The fourth-order valence-corrected chi connectivity index (χ4v) is 2.66. The van der Waals surface area contributed by atoms with Crippen LogP contribution in [0.25, 0.3) is 0 Å². The van der Waals surface area contributed by atoms with Crippen molar-refractivity contribution in [1.29, 1.82) is 0 Å². The van der Waals surface area contributed by atoms with Crippen molar-refractivity contribution in [2.45, 2.75) is 9.76 Å². The minimum Gasteiger partial charge on any atom is -0.0876 e. The van der Waals surface area contributed by atoms with Gasteiger partial charge in [-0.25, -0.2) is 0 Å². The van der Waals surface area contributed by atoms with E-state index in [0.29, 0.717) is 0 Å². The minimum absolute atomic E-state index is 0.961. The van der Waals surface area contributed by atoms with Gasteiger partial charge >= 0.3 is 0 Å². The predicted molar refractivity (Wildman–Crippen MR) is 69.5 cm³/mol. The minimum atomic E-state index is 0.961. The average Bonchev–Trinajstić information content (AvgIpc) is 2.04. The number of hydrogen-bond donors (Lipinski definition) is 0. The summed E-state index contributed by atoms with van der Waals surface area (Å²) < 4.78 is 2.41. The second kappa shape index (κ2) is 5.01. The molecule has 1 aromatic rings. The first kappa shape index (κ1) is 10.2. The normalized spacial score (nSPS) is 10.1. The van der Waals surface area contributed by atoms with Gasteiger partial charge in [0.1, 0.15) is 0 Å². The summed E-state index contributed by atoms with van der Waals surface area (Å²) in [6.45, 7) is 0. The highest BCUT2D eigenvalue weighted by Gasteiger charge is 1.99. The Morgan fingerprint density at radius 2 is 2.00 bits per heavy atom. The van der Waals surface area contributed by atoms with Gasteiger partial charge in [-0.3, -0.25) is 0 Å². The molecule has 60 valence electrons. The van der Waals surface area contributed by atoms with E-state index in [1.54, 1.807) is 0 Å². The summed E-state index contributed by atoms with van der Waals surface area (Å²) in [5.74, 6) is 0. The van der Waals surface area contributed by atoms with Gasteiger partial charge in [0.2, 0.25) is 0 Å². The SMILES string of the molecule is BrCc1ccc(I)cc1CI. The second-order valence-electron chi connectivity index (χ2n) is 2.18. The Morgan fingerprint density at radius 3 is 2.55 bits per heavy atom. The Kier molecular flexibility index (Phi) is 4.67. The molecule has 0 N–H and O–H groups in total. The van der Waals surface area contributed by atoms with Crippen LogP contribution in [0.5, 0.6) is 0 Å². The predicted octanol–water partition coefficient (Wildman–Crippen LogP) is 4.12. The fraction of sp³-hybridized carbons (Fsp3) is 0.250. The van der Waals surface area contributed by atoms with Crippen molar-refractivity contribution < 1.29 is 0 Å². The van der Waals surface area contributed by atoms with E-state index in [2.05, 4.69) is 79.3 Å². The Balaban J connectivity index is 3.06. The van der Waals surface area contributed by atoms with Crippen LogP contribution in [0.2, 0.25) is 0 Å². The number of hydrogen-bond acceptors (Lipinski definition) is 0. The largest absolute Gasteiger partial charge is 0.0876 e. The average molecular weight is 437 g/mol. The molecule has 0 saturated heterocycles. The lowest BCUT2D eigenvalue weighted by molar-refractivity contribution is 1.30. The topological polar surface area (TPSA) is 0 Å². The molecule has 1 aromatic carbocycles. The van der Waals surface area contributed by atoms with Gasteiger partial charge in [0.25, 0.3) is 0 Å². The molecule has 0 spiro atoms. The molecule has 0 fully saturated rings. The summed E-state index contributed by atoms with van der Waals surface area (Å²) in [5, 5.41) is 0.961. The van der Waals surface area contributed by atoms with Crippen molar-refractivity contribution in [2.24, 2.45) is 0 Å². The molecule has 0 nitrogen and oxygen atoms in total. The monoisotopic (exact) mass is 436 g/mol. The van der Waals surface area contributed by atoms with Crippen LogP contribution in [0.3, 0.4) is 0 Å². The van der Waals surface area contributed by atoms with E-state index in [4.69, 9.17) is 0 Å². The van der Waals surface area contributed by atoms with Crippen molar-refractivity contribution in [2.75, 3.05) is 0 Å². The molecule has 0 radical (unpaired) electrons. The summed E-state index contributed by atoms with van der Waals surface area (Å²) >= 11 is 8.21. The molecule has 1 rings (SSSR count). The Morgan fingerprint density at radius 1 is 1.27 bits per heavy atom. The van der Waals surface area contributed by atoms with Gasteiger partial charge in [0.05, 0.1) is 0 Å². The highest BCUT2D eigenvalue weighted by atomic mass is 127. The number of alkyl halides is 2. The van der Waals surface area contributed by atoms with Gasteiger partial charge in [-0.2, -0.15) is 0 Å². The van der Waals surface area contributed by atoms with E-state index < -0.39 is 0 Å². The van der Waals surface area contributed by atoms with Gasteiger partial charge in [-0.15, -0.1) is 0 Å². The molecule has 0 aliphatic heterocycles. The van der Waals surface area contributed by atoms with Crippen molar-refractivity contribution in [3.63, 3.8) is 0 Å². The summed E-state index contributed by atoms with van der Waals surface area (Å²) in [5.41, 5.74) is 2.84. The van der Waals surface area contributed by atoms with E-state index >= 15 is 0 Å². The zero-order chi connectivity index (χ0) is 8.27. The molecule has 0 saturated carbocycles. The molecular formula is C8H7BrI2. The van der Waals surface area contributed by atoms with E-state index in [0.717, 1.165) is 9.76 Å². The summed E-state index contributed by atoms with van der Waals surface area (Å²) in [6, 6.07) is 6.57. The quantitative estimate of drug-likeness (QED) is 0.483. The molecule has 0 aliphatic rings. The molecule has 11 heavy (non-hydrogen) atoms. The third-order valence-corrected chi connectivity index (χ3v) is 3.55. The third kappa shape index (κ3) is 2.84. The van der Waals surface area contributed by atoms with Crippen LogP contribution in [0, 0.1) is 3.57 Å². The molecule has 0 atom stereocenters. The Hall–Kier alpha value is 1.16. The maximum absolute atomic E-state index is 3.47. The fourth-order valence-electron chi connectivity index (χ4n) is 0.849. The summed E-state index contributed by atoms with van der Waals surface area (Å²) in [7, 11) is 0. The number of halogens is 3. The second-order valence-corrected chi connectivity index (χ2v) is 4.75. The standard InChI is InChI=1S/C8H7BrI2/c9-4-6-1-2-8(11)3-7(6)5-10/h1-3H,4-5H2. The molecule has 0 heterocycles. The van der Waals surface area contributed by atoms with Gasteiger partial charge in [-0.05, 0) is 45.9 Å². The lowest BCUT2D eigenvalue weighted by atomic mass is 10.1. The highest BCUT2D eigenvalue weighted by molar-refractivity contribution is 14.1.